The Morgan fingerprint density at radius 3 is 2.93 bits per heavy atom. The molecular weight excluding hydrogens is 190 g/mol. The van der Waals surface area contributed by atoms with E-state index in [4.69, 9.17) is 5.53 Å². The van der Waals surface area contributed by atoms with Gasteiger partial charge in [-0.1, -0.05) is 23.3 Å². The lowest BCUT2D eigenvalue weighted by Crippen LogP contribution is -1.84. The minimum Gasteiger partial charge on any atom is -0.275 e. The van der Waals surface area contributed by atoms with Crippen molar-refractivity contribution < 1.29 is 0 Å². The summed E-state index contributed by atoms with van der Waals surface area (Å²) in [7, 11) is 1.86. The van der Waals surface area contributed by atoms with Gasteiger partial charge in [0.25, 0.3) is 0 Å². The van der Waals surface area contributed by atoms with Crippen molar-refractivity contribution in [2.24, 2.45) is 12.2 Å². The lowest BCUT2D eigenvalue weighted by atomic mass is 10.1. The van der Waals surface area contributed by atoms with Gasteiger partial charge in [0, 0.05) is 29.4 Å². The van der Waals surface area contributed by atoms with Gasteiger partial charge in [0.2, 0.25) is 0 Å². The van der Waals surface area contributed by atoms with Crippen LogP contribution in [0.5, 0.6) is 0 Å². The van der Waals surface area contributed by atoms with Gasteiger partial charge in [0.1, 0.15) is 0 Å². The highest BCUT2D eigenvalue weighted by Gasteiger charge is 2.00. The molecule has 0 N–H and O–H groups in total. The van der Waals surface area contributed by atoms with Gasteiger partial charge in [0.05, 0.1) is 6.20 Å². The molecule has 0 aliphatic rings. The van der Waals surface area contributed by atoms with Gasteiger partial charge in [-0.3, -0.25) is 4.68 Å². The van der Waals surface area contributed by atoms with Crippen LogP contribution in [0.25, 0.3) is 21.6 Å². The van der Waals surface area contributed by atoms with E-state index in [1.165, 1.54) is 0 Å². The van der Waals surface area contributed by atoms with Crippen LogP contribution in [0.1, 0.15) is 0 Å². The van der Waals surface area contributed by atoms with Gasteiger partial charge in [-0.05, 0) is 17.2 Å². The summed E-state index contributed by atoms with van der Waals surface area (Å²) in [6.45, 7) is 0. The third-order valence-corrected chi connectivity index (χ3v) is 2.04. The first-order valence-electron chi connectivity index (χ1n) is 4.44. The van der Waals surface area contributed by atoms with Crippen LogP contribution in [0.15, 0.2) is 41.8 Å². The van der Waals surface area contributed by atoms with Crippen LogP contribution < -0.4 is 0 Å². The van der Waals surface area contributed by atoms with Crippen molar-refractivity contribution in [1.82, 2.24) is 9.78 Å². The van der Waals surface area contributed by atoms with Gasteiger partial charge in [0.15, 0.2) is 0 Å². The Labute approximate surface area is 86.6 Å². The van der Waals surface area contributed by atoms with E-state index < -0.39 is 0 Å². The average molecular weight is 199 g/mol. The monoisotopic (exact) mass is 199 g/mol. The van der Waals surface area contributed by atoms with Crippen LogP contribution in [0, 0.1) is 0 Å². The largest absolute Gasteiger partial charge is 0.275 e. The zero-order valence-electron chi connectivity index (χ0n) is 8.20. The molecule has 1 aromatic carbocycles. The number of azide groups is 1. The zero-order chi connectivity index (χ0) is 10.7. The van der Waals surface area contributed by atoms with E-state index in [9.17, 15) is 0 Å². The molecule has 0 fully saturated rings. The first-order valence-corrected chi connectivity index (χ1v) is 4.44. The molecule has 0 saturated carbocycles. The third-order valence-electron chi connectivity index (χ3n) is 2.04. The van der Waals surface area contributed by atoms with Gasteiger partial charge < -0.3 is 0 Å². The SMILES string of the molecule is Cn1cc(-c2cccc(N=[N+]=[N-])c2)cn1. The maximum absolute atomic E-state index is 8.33. The Morgan fingerprint density at radius 1 is 1.40 bits per heavy atom. The van der Waals surface area contributed by atoms with E-state index in [1.54, 1.807) is 16.9 Å². The Morgan fingerprint density at radius 2 is 2.27 bits per heavy atom. The number of hydrogen-bond acceptors (Lipinski definition) is 2. The Hall–Kier alpha value is -2.26. The Balaban J connectivity index is 2.44. The van der Waals surface area contributed by atoms with E-state index in [2.05, 4.69) is 15.1 Å². The van der Waals surface area contributed by atoms with Crippen LogP contribution in [0.2, 0.25) is 0 Å². The van der Waals surface area contributed by atoms with Crippen molar-refractivity contribution in [1.29, 1.82) is 0 Å². The summed E-state index contributed by atoms with van der Waals surface area (Å²) in [4.78, 5) is 2.75. The lowest BCUT2D eigenvalue weighted by Gasteiger charge is -1.97. The zero-order valence-corrected chi connectivity index (χ0v) is 8.20. The highest BCUT2D eigenvalue weighted by atomic mass is 15.2. The third kappa shape index (κ3) is 1.98. The predicted molar refractivity (Wildman–Crippen MR) is 57.5 cm³/mol. The minimum absolute atomic E-state index is 0.610. The fourth-order valence-electron chi connectivity index (χ4n) is 1.37. The molecule has 0 amide bonds. The molecule has 0 aliphatic heterocycles. The highest BCUT2D eigenvalue weighted by Crippen LogP contribution is 2.23. The topological polar surface area (TPSA) is 66.6 Å². The molecule has 74 valence electrons. The van der Waals surface area contributed by atoms with Crippen LogP contribution in [-0.4, -0.2) is 9.78 Å². The average Bonchev–Trinajstić information content (AvgIpc) is 2.66. The van der Waals surface area contributed by atoms with Gasteiger partial charge in [-0.25, -0.2) is 0 Å². The van der Waals surface area contributed by atoms with Crippen molar-refractivity contribution in [3.8, 4) is 11.1 Å². The fraction of sp³-hybridized carbons (Fsp3) is 0.100. The number of aryl methyl sites for hydroxylation is 1. The summed E-state index contributed by atoms with van der Waals surface area (Å²) in [5, 5.41) is 7.63. The quantitative estimate of drug-likeness (QED) is 0.416. The molecule has 5 heteroatoms. The molecule has 0 unspecified atom stereocenters. The Kier molecular flexibility index (Phi) is 2.39. The van der Waals surface area contributed by atoms with Crippen LogP contribution in [0.4, 0.5) is 5.69 Å². The fourth-order valence-corrected chi connectivity index (χ4v) is 1.37. The molecule has 2 rings (SSSR count). The minimum atomic E-state index is 0.610. The van der Waals surface area contributed by atoms with E-state index in [-0.39, 0.29) is 0 Å². The first-order chi connectivity index (χ1) is 7.29. The van der Waals surface area contributed by atoms with Crippen molar-refractivity contribution in [2.45, 2.75) is 0 Å². The number of rotatable bonds is 2. The first kappa shape index (κ1) is 9.30. The second-order valence-electron chi connectivity index (χ2n) is 3.14. The maximum atomic E-state index is 8.33. The predicted octanol–water partition coefficient (Wildman–Crippen LogP) is 3.03. The van der Waals surface area contributed by atoms with E-state index in [0.29, 0.717) is 5.69 Å². The molecule has 0 radical (unpaired) electrons. The van der Waals surface area contributed by atoms with Gasteiger partial charge in [-0.2, -0.15) is 5.10 Å². The summed E-state index contributed by atoms with van der Waals surface area (Å²) in [6, 6.07) is 7.40. The van der Waals surface area contributed by atoms with Gasteiger partial charge >= 0.3 is 0 Å². The molecule has 2 aromatic rings. The second-order valence-corrected chi connectivity index (χ2v) is 3.14. The van der Waals surface area contributed by atoms with Crippen LogP contribution >= 0.6 is 0 Å². The van der Waals surface area contributed by atoms with Crippen molar-refractivity contribution in [3.05, 3.63) is 47.1 Å². The lowest BCUT2D eigenvalue weighted by molar-refractivity contribution is 0.768. The highest BCUT2D eigenvalue weighted by molar-refractivity contribution is 5.65. The molecule has 0 aliphatic carbocycles. The standard InChI is InChI=1S/C10H9N5/c1-15-7-9(6-12-15)8-3-2-4-10(5-8)13-14-11/h2-7H,1H3. The molecule has 1 aromatic heterocycles. The maximum Gasteiger partial charge on any atom is 0.0568 e. The van der Waals surface area contributed by atoms with Crippen molar-refractivity contribution in [3.63, 3.8) is 0 Å². The molecular formula is C10H9N5. The van der Waals surface area contributed by atoms with Crippen LogP contribution in [-0.2, 0) is 7.05 Å². The van der Waals surface area contributed by atoms with Crippen molar-refractivity contribution in [2.75, 3.05) is 0 Å². The smallest absolute Gasteiger partial charge is 0.0568 e. The van der Waals surface area contributed by atoms with E-state index >= 15 is 0 Å². The summed E-state index contributed by atoms with van der Waals surface area (Å²) < 4.78 is 1.73. The second kappa shape index (κ2) is 3.86. The summed E-state index contributed by atoms with van der Waals surface area (Å²) in [6.07, 6.45) is 3.68. The molecule has 5 nitrogen and oxygen atoms in total. The summed E-state index contributed by atoms with van der Waals surface area (Å²) in [5.41, 5.74) is 10.9. The molecule has 0 bridgehead atoms. The number of hydrogen-bond donors (Lipinski definition) is 0. The Bertz CT molecular complexity index is 522. The number of benzene rings is 1. The molecule has 15 heavy (non-hydrogen) atoms. The molecule has 0 atom stereocenters. The van der Waals surface area contributed by atoms with E-state index in [0.717, 1.165) is 11.1 Å². The van der Waals surface area contributed by atoms with Gasteiger partial charge in [-0.15, -0.1) is 0 Å². The number of nitrogens with zero attached hydrogens (tertiary/aromatic N) is 5. The molecule has 0 spiro atoms. The summed E-state index contributed by atoms with van der Waals surface area (Å²) in [5.74, 6) is 0. The normalized spacial score (nSPS) is 9.67. The number of aromatic nitrogens is 2. The molecule has 1 heterocycles. The van der Waals surface area contributed by atoms with Crippen LogP contribution in [0.3, 0.4) is 0 Å². The molecule has 0 saturated heterocycles. The van der Waals surface area contributed by atoms with Crippen molar-refractivity contribution >= 4 is 5.69 Å². The van der Waals surface area contributed by atoms with E-state index in [1.807, 2.05) is 31.4 Å². The summed E-state index contributed by atoms with van der Waals surface area (Å²) >= 11 is 0.